The van der Waals surface area contributed by atoms with Crippen LogP contribution >= 0.6 is 11.3 Å². The van der Waals surface area contributed by atoms with Gasteiger partial charge in [0.1, 0.15) is 0 Å². The molecule has 0 spiro atoms. The van der Waals surface area contributed by atoms with Crippen LogP contribution in [-0.2, 0) is 11.2 Å². The van der Waals surface area contributed by atoms with Crippen molar-refractivity contribution < 1.29 is 18.8 Å². The zero-order chi connectivity index (χ0) is 19.1. The highest BCUT2D eigenvalue weighted by Crippen LogP contribution is 2.30. The molecule has 0 aliphatic heterocycles. The van der Waals surface area contributed by atoms with Gasteiger partial charge in [0.25, 0.3) is 0 Å². The van der Waals surface area contributed by atoms with E-state index in [0.29, 0.717) is 54.8 Å². The summed E-state index contributed by atoms with van der Waals surface area (Å²) in [5.74, 6) is 2.27. The van der Waals surface area contributed by atoms with E-state index in [4.69, 9.17) is 14.0 Å². The van der Waals surface area contributed by atoms with Crippen LogP contribution in [-0.4, -0.2) is 29.8 Å². The number of aromatic nitrogens is 2. The van der Waals surface area contributed by atoms with E-state index >= 15 is 0 Å². The van der Waals surface area contributed by atoms with Gasteiger partial charge >= 0.3 is 0 Å². The monoisotopic (exact) mass is 387 g/mol. The van der Waals surface area contributed by atoms with Crippen molar-refractivity contribution >= 4 is 22.9 Å². The average Bonchev–Trinajstić information content (AvgIpc) is 3.34. The van der Waals surface area contributed by atoms with Crippen molar-refractivity contribution in [1.82, 2.24) is 10.1 Å². The van der Waals surface area contributed by atoms with Gasteiger partial charge in [0.15, 0.2) is 11.5 Å². The highest BCUT2D eigenvalue weighted by Gasteiger charge is 2.11. The minimum atomic E-state index is -0.0841. The van der Waals surface area contributed by atoms with Gasteiger partial charge in [-0.1, -0.05) is 11.2 Å². The van der Waals surface area contributed by atoms with Crippen molar-refractivity contribution in [3.05, 3.63) is 41.6 Å². The standard InChI is InChI=1S/C19H21N3O4S/c1-3-25-14-10-9-13(12-15(14)24-2)20-17(23)7-4-8-18-21-19(22-26-18)16-6-5-11-27-16/h5-6,9-12H,3-4,7-8H2,1-2H3,(H,20,23). The van der Waals surface area contributed by atoms with E-state index in [-0.39, 0.29) is 5.91 Å². The Morgan fingerprint density at radius 3 is 2.93 bits per heavy atom. The molecule has 3 rings (SSSR count). The zero-order valence-corrected chi connectivity index (χ0v) is 16.0. The fraction of sp³-hybridized carbons (Fsp3) is 0.316. The van der Waals surface area contributed by atoms with Gasteiger partial charge in [-0.25, -0.2) is 0 Å². The normalized spacial score (nSPS) is 10.6. The highest BCUT2D eigenvalue weighted by atomic mass is 32.1. The maximum atomic E-state index is 12.2. The van der Waals surface area contributed by atoms with E-state index in [1.165, 1.54) is 0 Å². The van der Waals surface area contributed by atoms with E-state index in [9.17, 15) is 4.79 Å². The number of rotatable bonds is 9. The fourth-order valence-corrected chi connectivity index (χ4v) is 3.16. The second-order valence-corrected chi connectivity index (χ2v) is 6.64. The number of amides is 1. The number of carbonyl (C=O) groups is 1. The maximum Gasteiger partial charge on any atom is 0.226 e. The quantitative estimate of drug-likeness (QED) is 0.593. The van der Waals surface area contributed by atoms with Crippen molar-refractivity contribution in [2.45, 2.75) is 26.2 Å². The molecular weight excluding hydrogens is 366 g/mol. The summed E-state index contributed by atoms with van der Waals surface area (Å²) in [7, 11) is 1.57. The van der Waals surface area contributed by atoms with Crippen molar-refractivity contribution in [3.8, 4) is 22.2 Å². The Balaban J connectivity index is 1.48. The molecule has 1 N–H and O–H groups in total. The third-order valence-electron chi connectivity index (χ3n) is 3.75. The Hall–Kier alpha value is -2.87. The van der Waals surface area contributed by atoms with Crippen LogP contribution in [0, 0.1) is 0 Å². The first-order chi connectivity index (χ1) is 13.2. The topological polar surface area (TPSA) is 86.5 Å². The molecule has 0 aliphatic carbocycles. The number of nitrogens with zero attached hydrogens (tertiary/aromatic N) is 2. The van der Waals surface area contributed by atoms with Crippen LogP contribution in [0.15, 0.2) is 40.2 Å². The van der Waals surface area contributed by atoms with Gasteiger partial charge in [0.05, 0.1) is 18.6 Å². The molecule has 2 aromatic heterocycles. The van der Waals surface area contributed by atoms with E-state index in [1.807, 2.05) is 24.4 Å². The summed E-state index contributed by atoms with van der Waals surface area (Å²) in [4.78, 5) is 17.5. The van der Waals surface area contributed by atoms with Crippen LogP contribution in [0.25, 0.3) is 10.7 Å². The summed E-state index contributed by atoms with van der Waals surface area (Å²) in [5.41, 5.74) is 0.665. The van der Waals surface area contributed by atoms with Gasteiger partial charge in [-0.05, 0) is 36.9 Å². The molecule has 0 fully saturated rings. The number of hydrogen-bond donors (Lipinski definition) is 1. The number of carbonyl (C=O) groups excluding carboxylic acids is 1. The maximum absolute atomic E-state index is 12.2. The summed E-state index contributed by atoms with van der Waals surface area (Å²) < 4.78 is 16.0. The lowest BCUT2D eigenvalue weighted by Crippen LogP contribution is -2.11. The van der Waals surface area contributed by atoms with Crippen LogP contribution in [0.4, 0.5) is 5.69 Å². The molecule has 8 heteroatoms. The smallest absolute Gasteiger partial charge is 0.226 e. The van der Waals surface area contributed by atoms with Crippen molar-refractivity contribution in [1.29, 1.82) is 0 Å². The molecule has 0 saturated carbocycles. The van der Waals surface area contributed by atoms with Gasteiger partial charge in [0.2, 0.25) is 17.6 Å². The van der Waals surface area contributed by atoms with Gasteiger partial charge < -0.3 is 19.3 Å². The van der Waals surface area contributed by atoms with E-state index < -0.39 is 0 Å². The van der Waals surface area contributed by atoms with Crippen LogP contribution in [0.5, 0.6) is 11.5 Å². The number of hydrogen-bond acceptors (Lipinski definition) is 7. The molecule has 0 aliphatic rings. The minimum Gasteiger partial charge on any atom is -0.493 e. The Morgan fingerprint density at radius 1 is 1.30 bits per heavy atom. The third-order valence-corrected chi connectivity index (χ3v) is 4.62. The fourth-order valence-electron chi connectivity index (χ4n) is 2.51. The molecule has 0 bridgehead atoms. The lowest BCUT2D eigenvalue weighted by atomic mass is 10.2. The van der Waals surface area contributed by atoms with Gasteiger partial charge in [-0.15, -0.1) is 11.3 Å². The Kier molecular flexibility index (Phi) is 6.43. The molecule has 1 aromatic carbocycles. The van der Waals surface area contributed by atoms with Gasteiger partial charge in [0, 0.05) is 24.6 Å². The number of aryl methyl sites for hydroxylation is 1. The second kappa shape index (κ2) is 9.18. The predicted molar refractivity (Wildman–Crippen MR) is 103 cm³/mol. The number of nitrogens with one attached hydrogen (secondary N) is 1. The molecule has 142 valence electrons. The Bertz CT molecular complexity index is 877. The summed E-state index contributed by atoms with van der Waals surface area (Å²) in [6, 6.07) is 9.20. The molecule has 27 heavy (non-hydrogen) atoms. The Morgan fingerprint density at radius 2 is 2.19 bits per heavy atom. The van der Waals surface area contributed by atoms with E-state index in [1.54, 1.807) is 36.6 Å². The molecular formula is C19H21N3O4S. The first-order valence-corrected chi connectivity index (χ1v) is 9.54. The first kappa shape index (κ1) is 18.9. The zero-order valence-electron chi connectivity index (χ0n) is 15.2. The molecule has 1 amide bonds. The molecule has 0 saturated heterocycles. The predicted octanol–water partition coefficient (Wildman–Crippen LogP) is 4.17. The number of thiophene rings is 1. The van der Waals surface area contributed by atoms with Crippen LogP contribution < -0.4 is 14.8 Å². The van der Waals surface area contributed by atoms with Crippen molar-refractivity contribution in [2.75, 3.05) is 19.0 Å². The average molecular weight is 387 g/mol. The largest absolute Gasteiger partial charge is 0.493 e. The molecule has 0 unspecified atom stereocenters. The van der Waals surface area contributed by atoms with E-state index in [0.717, 1.165) is 4.88 Å². The number of ether oxygens (including phenoxy) is 2. The molecule has 0 atom stereocenters. The first-order valence-electron chi connectivity index (χ1n) is 8.66. The highest BCUT2D eigenvalue weighted by molar-refractivity contribution is 7.13. The molecule has 2 heterocycles. The number of methoxy groups -OCH3 is 1. The molecule has 7 nitrogen and oxygen atoms in total. The van der Waals surface area contributed by atoms with Gasteiger partial charge in [-0.3, -0.25) is 4.79 Å². The SMILES string of the molecule is CCOc1ccc(NC(=O)CCCc2nc(-c3cccs3)no2)cc1OC. The number of anilines is 1. The summed E-state index contributed by atoms with van der Waals surface area (Å²) >= 11 is 1.56. The Labute approximate surface area is 161 Å². The lowest BCUT2D eigenvalue weighted by Gasteiger charge is -2.11. The van der Waals surface area contributed by atoms with Crippen LogP contribution in [0.1, 0.15) is 25.7 Å². The summed E-state index contributed by atoms with van der Waals surface area (Å²) in [5, 5.41) is 8.79. The summed E-state index contributed by atoms with van der Waals surface area (Å²) in [6.07, 6.45) is 1.52. The van der Waals surface area contributed by atoms with Crippen molar-refractivity contribution in [2.24, 2.45) is 0 Å². The van der Waals surface area contributed by atoms with Crippen LogP contribution in [0.3, 0.4) is 0 Å². The third kappa shape index (κ3) is 5.07. The van der Waals surface area contributed by atoms with Gasteiger partial charge in [-0.2, -0.15) is 4.98 Å². The number of benzene rings is 1. The molecule has 3 aromatic rings. The minimum absolute atomic E-state index is 0.0841. The van der Waals surface area contributed by atoms with E-state index in [2.05, 4.69) is 15.5 Å². The van der Waals surface area contributed by atoms with Crippen LogP contribution in [0.2, 0.25) is 0 Å². The second-order valence-electron chi connectivity index (χ2n) is 5.69. The molecule has 0 radical (unpaired) electrons. The van der Waals surface area contributed by atoms with Crippen molar-refractivity contribution in [3.63, 3.8) is 0 Å². The summed E-state index contributed by atoms with van der Waals surface area (Å²) in [6.45, 7) is 2.45. The lowest BCUT2D eigenvalue weighted by molar-refractivity contribution is -0.116.